The Morgan fingerprint density at radius 3 is 2.76 bits per heavy atom. The summed E-state index contributed by atoms with van der Waals surface area (Å²) < 4.78 is 25.8. The van der Waals surface area contributed by atoms with Crippen molar-refractivity contribution < 1.29 is 8.42 Å². The number of rotatable bonds is 7. The number of unbranched alkanes of at least 4 members (excludes halogenated alkanes) is 1. The number of hydrogen-bond acceptors (Lipinski definition) is 6. The fourth-order valence-corrected chi connectivity index (χ4v) is 6.14. The minimum Gasteiger partial charge on any atom is -0.382 e. The number of nitrogens with two attached hydrogens (primary N) is 2. The number of aryl methyl sites for hydroxylation is 2. The summed E-state index contributed by atoms with van der Waals surface area (Å²) in [4.78, 5) is 9.30. The van der Waals surface area contributed by atoms with Crippen molar-refractivity contribution in [1.82, 2.24) is 14.5 Å². The molecule has 154 valence electrons. The van der Waals surface area contributed by atoms with Gasteiger partial charge in [-0.1, -0.05) is 37.6 Å². The Balaban J connectivity index is 1.85. The van der Waals surface area contributed by atoms with Crippen LogP contribution in [-0.4, -0.2) is 27.0 Å². The molecular formula is C20H25N5O2S2. The number of primary sulfonamides is 1. The minimum absolute atomic E-state index is 0.393. The Bertz CT molecular complexity index is 1190. The van der Waals surface area contributed by atoms with Crippen LogP contribution in [0.25, 0.3) is 21.9 Å². The van der Waals surface area contributed by atoms with Gasteiger partial charge < -0.3 is 10.3 Å². The van der Waals surface area contributed by atoms with E-state index in [0.29, 0.717) is 30.7 Å². The van der Waals surface area contributed by atoms with E-state index in [1.165, 1.54) is 11.8 Å². The van der Waals surface area contributed by atoms with E-state index >= 15 is 0 Å². The molecule has 1 aliphatic heterocycles. The first-order chi connectivity index (χ1) is 13.9. The van der Waals surface area contributed by atoms with Crippen molar-refractivity contribution >= 4 is 49.5 Å². The molecule has 4 N–H and O–H groups in total. The lowest BCUT2D eigenvalue weighted by atomic mass is 10.1. The van der Waals surface area contributed by atoms with Crippen LogP contribution in [0.1, 0.15) is 38.4 Å². The third kappa shape index (κ3) is 3.51. The molecule has 0 saturated carbocycles. The molecule has 0 saturated heterocycles. The molecule has 0 radical (unpaired) electrons. The molecule has 3 heterocycles. The second-order valence-electron chi connectivity index (χ2n) is 7.39. The maximum atomic E-state index is 12.4. The van der Waals surface area contributed by atoms with E-state index in [0.717, 1.165) is 41.5 Å². The molecule has 0 bridgehead atoms. The highest BCUT2D eigenvalue weighted by molar-refractivity contribution is 8.15. The van der Waals surface area contributed by atoms with Crippen LogP contribution in [0.4, 0.5) is 5.82 Å². The predicted molar refractivity (Wildman–Crippen MR) is 120 cm³/mol. The van der Waals surface area contributed by atoms with Gasteiger partial charge in [0, 0.05) is 18.4 Å². The molecule has 1 atom stereocenters. The van der Waals surface area contributed by atoms with Crippen LogP contribution in [0.3, 0.4) is 0 Å². The standard InChI is InChI=1S/C20H25N5O2S2/c1-2-3-9-16-24-17-18(14-7-4-5-8-15(14)23-19(17)21)25(16)12-11-20(29(22,26)27)10-6-13-28-20/h4-8,13H,2-3,9-12H2,1H3,(H2,21,23)(H2,22,26,27). The summed E-state index contributed by atoms with van der Waals surface area (Å²) >= 11 is 1.29. The van der Waals surface area contributed by atoms with Crippen molar-refractivity contribution in [3.63, 3.8) is 0 Å². The van der Waals surface area contributed by atoms with Gasteiger partial charge in [-0.15, -0.1) is 11.8 Å². The number of imidazole rings is 1. The van der Waals surface area contributed by atoms with Crippen LogP contribution in [-0.2, 0) is 23.0 Å². The van der Waals surface area contributed by atoms with Gasteiger partial charge in [-0.05, 0) is 30.7 Å². The SMILES string of the molecule is CCCCc1nc2c(N)nc3ccccc3c2n1CCC1(S(N)(=O)=O)CC=CS1. The number of para-hydroxylation sites is 1. The first kappa shape index (κ1) is 20.2. The number of anilines is 1. The van der Waals surface area contributed by atoms with Crippen LogP contribution >= 0.6 is 11.8 Å². The highest BCUT2D eigenvalue weighted by Crippen LogP contribution is 2.43. The zero-order valence-electron chi connectivity index (χ0n) is 16.3. The van der Waals surface area contributed by atoms with Gasteiger partial charge in [0.1, 0.15) is 15.4 Å². The van der Waals surface area contributed by atoms with Gasteiger partial charge in [-0.2, -0.15) is 0 Å². The van der Waals surface area contributed by atoms with Crippen LogP contribution in [0.2, 0.25) is 0 Å². The Morgan fingerprint density at radius 2 is 2.07 bits per heavy atom. The number of benzene rings is 1. The number of nitrogens with zero attached hydrogens (tertiary/aromatic N) is 3. The molecule has 1 aromatic carbocycles. The first-order valence-electron chi connectivity index (χ1n) is 9.75. The summed E-state index contributed by atoms with van der Waals surface area (Å²) in [6, 6.07) is 7.82. The quantitative estimate of drug-likeness (QED) is 0.591. The van der Waals surface area contributed by atoms with E-state index in [-0.39, 0.29) is 0 Å². The number of hydrogen-bond donors (Lipinski definition) is 2. The summed E-state index contributed by atoms with van der Waals surface area (Å²) in [6.07, 6.45) is 5.51. The molecule has 3 aromatic rings. The zero-order valence-corrected chi connectivity index (χ0v) is 18.0. The molecule has 7 nitrogen and oxygen atoms in total. The molecule has 0 amide bonds. The maximum absolute atomic E-state index is 12.4. The highest BCUT2D eigenvalue weighted by Gasteiger charge is 2.43. The highest BCUT2D eigenvalue weighted by atomic mass is 32.3. The van der Waals surface area contributed by atoms with Gasteiger partial charge in [-0.25, -0.2) is 23.5 Å². The number of pyridine rings is 1. The monoisotopic (exact) mass is 431 g/mol. The summed E-state index contributed by atoms with van der Waals surface area (Å²) in [5.74, 6) is 1.31. The Kier molecular flexibility index (Phi) is 5.30. The van der Waals surface area contributed by atoms with Gasteiger partial charge in [0.2, 0.25) is 10.0 Å². The fraction of sp³-hybridized carbons (Fsp3) is 0.400. The Labute approximate surface area is 174 Å². The van der Waals surface area contributed by atoms with Crippen LogP contribution < -0.4 is 10.9 Å². The lowest BCUT2D eigenvalue weighted by Gasteiger charge is -2.26. The van der Waals surface area contributed by atoms with Crippen molar-refractivity contribution in [3.8, 4) is 0 Å². The smallest absolute Gasteiger partial charge is 0.224 e. The number of thioether (sulfide) groups is 1. The van der Waals surface area contributed by atoms with Crippen molar-refractivity contribution in [3.05, 3.63) is 41.6 Å². The largest absolute Gasteiger partial charge is 0.382 e. The summed E-state index contributed by atoms with van der Waals surface area (Å²) in [5.41, 5.74) is 8.63. The third-order valence-electron chi connectivity index (χ3n) is 5.49. The van der Waals surface area contributed by atoms with Crippen molar-refractivity contribution in [2.75, 3.05) is 5.73 Å². The number of nitrogen functional groups attached to an aromatic ring is 1. The lowest BCUT2D eigenvalue weighted by Crippen LogP contribution is -2.39. The third-order valence-corrected chi connectivity index (χ3v) is 9.01. The van der Waals surface area contributed by atoms with E-state index in [1.807, 2.05) is 35.7 Å². The van der Waals surface area contributed by atoms with E-state index in [1.54, 1.807) is 0 Å². The second-order valence-corrected chi connectivity index (χ2v) is 10.8. The maximum Gasteiger partial charge on any atom is 0.224 e. The van der Waals surface area contributed by atoms with Gasteiger partial charge in [0.15, 0.2) is 5.82 Å². The Hall–Kier alpha value is -2.10. The number of aromatic nitrogens is 3. The average molecular weight is 432 g/mol. The summed E-state index contributed by atoms with van der Waals surface area (Å²) in [6.45, 7) is 2.63. The minimum atomic E-state index is -3.72. The molecule has 29 heavy (non-hydrogen) atoms. The topological polar surface area (TPSA) is 117 Å². The number of sulfonamides is 1. The van der Waals surface area contributed by atoms with Crippen LogP contribution in [0, 0.1) is 0 Å². The van der Waals surface area contributed by atoms with Crippen LogP contribution in [0.5, 0.6) is 0 Å². The average Bonchev–Trinajstić information content (AvgIpc) is 3.30. The number of allylic oxidation sites excluding steroid dienone is 1. The molecule has 1 unspecified atom stereocenters. The molecule has 2 aromatic heterocycles. The first-order valence-corrected chi connectivity index (χ1v) is 12.2. The van der Waals surface area contributed by atoms with Gasteiger partial charge in [0.05, 0.1) is 11.0 Å². The molecule has 9 heteroatoms. The van der Waals surface area contributed by atoms with Gasteiger partial charge in [-0.3, -0.25) is 0 Å². The van der Waals surface area contributed by atoms with E-state index < -0.39 is 14.1 Å². The molecule has 4 rings (SSSR count). The van der Waals surface area contributed by atoms with E-state index in [4.69, 9.17) is 15.9 Å². The van der Waals surface area contributed by atoms with Crippen LogP contribution in [0.15, 0.2) is 35.7 Å². The molecule has 0 spiro atoms. The second kappa shape index (κ2) is 7.62. The lowest BCUT2D eigenvalue weighted by molar-refractivity contribution is 0.533. The normalized spacial score (nSPS) is 19.5. The molecule has 0 fully saturated rings. The zero-order chi connectivity index (χ0) is 20.6. The molecular weight excluding hydrogens is 406 g/mol. The Morgan fingerprint density at radius 1 is 1.28 bits per heavy atom. The van der Waals surface area contributed by atoms with Crippen molar-refractivity contribution in [2.24, 2.45) is 5.14 Å². The summed E-state index contributed by atoms with van der Waals surface area (Å²) in [7, 11) is -3.72. The fourth-order valence-electron chi connectivity index (χ4n) is 3.89. The van der Waals surface area contributed by atoms with Crippen molar-refractivity contribution in [1.29, 1.82) is 0 Å². The van der Waals surface area contributed by atoms with Gasteiger partial charge in [0.25, 0.3) is 0 Å². The predicted octanol–water partition coefficient (Wildman–Crippen LogP) is 3.53. The van der Waals surface area contributed by atoms with Crippen molar-refractivity contribution in [2.45, 2.75) is 49.7 Å². The van der Waals surface area contributed by atoms with E-state index in [9.17, 15) is 8.42 Å². The van der Waals surface area contributed by atoms with E-state index in [2.05, 4.69) is 16.5 Å². The molecule has 1 aliphatic rings. The summed E-state index contributed by atoms with van der Waals surface area (Å²) in [5, 5.41) is 8.41. The number of fused-ring (bicyclic) bond motifs is 3. The molecule has 0 aliphatic carbocycles. The van der Waals surface area contributed by atoms with Gasteiger partial charge >= 0.3 is 0 Å².